The van der Waals surface area contributed by atoms with Crippen LogP contribution in [0.5, 0.6) is 0 Å². The molecule has 0 saturated carbocycles. The maximum atomic E-state index is 13.0. The quantitative estimate of drug-likeness (QED) is 0.363. The van der Waals surface area contributed by atoms with E-state index in [2.05, 4.69) is 5.16 Å². The van der Waals surface area contributed by atoms with Crippen LogP contribution in [0.4, 0.5) is 4.39 Å². The third-order valence-corrected chi connectivity index (χ3v) is 2.76. The minimum Gasteiger partial charge on any atom is -0.409 e. The van der Waals surface area contributed by atoms with E-state index in [0.29, 0.717) is 5.56 Å². The molecule has 98 valence electrons. The number of benzene rings is 1. The first-order valence-electron chi connectivity index (χ1n) is 5.43. The summed E-state index contributed by atoms with van der Waals surface area (Å²) < 4.78 is 13.0. The predicted molar refractivity (Wildman–Crippen MR) is 65.7 cm³/mol. The zero-order valence-electron chi connectivity index (χ0n) is 10.3. The van der Waals surface area contributed by atoms with Crippen LogP contribution >= 0.6 is 0 Å². The van der Waals surface area contributed by atoms with Crippen LogP contribution < -0.4 is 5.73 Å². The minimum absolute atomic E-state index is 0.0508. The number of amidine groups is 1. The largest absolute Gasteiger partial charge is 0.409 e. The third-order valence-electron chi connectivity index (χ3n) is 2.76. The summed E-state index contributed by atoms with van der Waals surface area (Å²) in [5.41, 5.74) is 6.00. The summed E-state index contributed by atoms with van der Waals surface area (Å²) in [6, 6.07) is 5.32. The zero-order chi connectivity index (χ0) is 13.7. The summed E-state index contributed by atoms with van der Waals surface area (Å²) >= 11 is 0. The molecule has 0 radical (unpaired) electrons. The molecule has 0 aliphatic carbocycles. The first kappa shape index (κ1) is 14.0. The fraction of sp³-hybridized carbons (Fsp3) is 0.333. The number of carbonyl (C=O) groups excluding carboxylic acids is 1. The summed E-state index contributed by atoms with van der Waals surface area (Å²) in [6.07, 6.45) is 0.0668. The second-order valence-electron chi connectivity index (χ2n) is 4.01. The maximum Gasteiger partial charge on any atom is 0.227 e. The van der Waals surface area contributed by atoms with Crippen molar-refractivity contribution in [2.75, 3.05) is 7.05 Å². The van der Waals surface area contributed by atoms with Crippen LogP contribution in [0, 0.1) is 5.82 Å². The Kier molecular flexibility index (Phi) is 4.65. The fourth-order valence-corrected chi connectivity index (χ4v) is 1.44. The van der Waals surface area contributed by atoms with Crippen molar-refractivity contribution in [2.45, 2.75) is 19.4 Å². The lowest BCUT2D eigenvalue weighted by atomic mass is 10.1. The first-order chi connectivity index (χ1) is 8.45. The molecule has 0 aromatic heterocycles. The molecule has 0 fully saturated rings. The number of nitrogens with zero attached hydrogens (tertiary/aromatic N) is 2. The van der Waals surface area contributed by atoms with Gasteiger partial charge in [0.25, 0.3) is 0 Å². The molecule has 0 bridgehead atoms. The number of likely N-dealkylation sites (N-methyl/N-ethyl adjacent to an activating group) is 1. The molecule has 0 heterocycles. The predicted octanol–water partition coefficient (Wildman–Crippen LogP) is 0.962. The van der Waals surface area contributed by atoms with Gasteiger partial charge < -0.3 is 15.8 Å². The van der Waals surface area contributed by atoms with Crippen LogP contribution in [0.15, 0.2) is 29.4 Å². The molecule has 1 atom stereocenters. The summed E-state index contributed by atoms with van der Waals surface area (Å²) in [7, 11) is 1.55. The molecule has 1 aromatic rings. The summed E-state index contributed by atoms with van der Waals surface area (Å²) in [5, 5.41) is 11.4. The van der Waals surface area contributed by atoms with Crippen molar-refractivity contribution in [2.24, 2.45) is 10.9 Å². The van der Waals surface area contributed by atoms with E-state index in [1.165, 1.54) is 17.0 Å². The summed E-state index contributed by atoms with van der Waals surface area (Å²) in [4.78, 5) is 13.2. The van der Waals surface area contributed by atoms with Crippen LogP contribution in [0.25, 0.3) is 0 Å². The topological polar surface area (TPSA) is 78.9 Å². The van der Waals surface area contributed by atoms with E-state index in [-0.39, 0.29) is 24.0 Å². The minimum atomic E-state index is -0.518. The van der Waals surface area contributed by atoms with Gasteiger partial charge >= 0.3 is 0 Å². The lowest BCUT2D eigenvalue weighted by Gasteiger charge is -2.23. The Morgan fingerprint density at radius 3 is 2.83 bits per heavy atom. The highest BCUT2D eigenvalue weighted by Gasteiger charge is 2.19. The summed E-state index contributed by atoms with van der Waals surface area (Å²) in [6.45, 7) is 1.64. The van der Waals surface area contributed by atoms with E-state index >= 15 is 0 Å². The number of amides is 1. The van der Waals surface area contributed by atoms with Crippen molar-refractivity contribution in [3.05, 3.63) is 35.6 Å². The van der Waals surface area contributed by atoms with Crippen molar-refractivity contribution in [3.63, 3.8) is 0 Å². The molecule has 0 spiro atoms. The van der Waals surface area contributed by atoms with Gasteiger partial charge in [-0.05, 0) is 24.6 Å². The van der Waals surface area contributed by atoms with Gasteiger partial charge in [0.15, 0.2) is 5.84 Å². The Hall–Kier alpha value is -2.11. The number of hydrogen-bond donors (Lipinski definition) is 2. The van der Waals surface area contributed by atoms with Gasteiger partial charge in [-0.15, -0.1) is 0 Å². The maximum absolute atomic E-state index is 13.0. The standard InChI is InChI=1S/C12H16FN3O2/c1-8(12(14)15-18)16(2)11(17)7-9-4-3-5-10(13)6-9/h3-6,8,18H,7H2,1-2H3,(H2,14,15). The Labute approximate surface area is 105 Å². The molecular weight excluding hydrogens is 237 g/mol. The van der Waals surface area contributed by atoms with Crippen molar-refractivity contribution in [1.82, 2.24) is 4.90 Å². The normalized spacial score (nSPS) is 13.2. The van der Waals surface area contributed by atoms with Gasteiger partial charge in [-0.1, -0.05) is 17.3 Å². The van der Waals surface area contributed by atoms with Gasteiger partial charge in [0.05, 0.1) is 12.5 Å². The van der Waals surface area contributed by atoms with Crippen LogP contribution in [0.1, 0.15) is 12.5 Å². The first-order valence-corrected chi connectivity index (χ1v) is 5.43. The lowest BCUT2D eigenvalue weighted by Crippen LogP contribution is -2.44. The van der Waals surface area contributed by atoms with Crippen molar-refractivity contribution >= 4 is 11.7 Å². The zero-order valence-corrected chi connectivity index (χ0v) is 10.3. The highest BCUT2D eigenvalue weighted by Crippen LogP contribution is 2.07. The van der Waals surface area contributed by atoms with Crippen LogP contribution in [0.3, 0.4) is 0 Å². The average Bonchev–Trinajstić information content (AvgIpc) is 2.36. The highest BCUT2D eigenvalue weighted by atomic mass is 19.1. The molecule has 0 aliphatic rings. The van der Waals surface area contributed by atoms with Crippen molar-refractivity contribution < 1.29 is 14.4 Å². The van der Waals surface area contributed by atoms with Gasteiger partial charge in [0, 0.05) is 7.05 Å². The van der Waals surface area contributed by atoms with Gasteiger partial charge in [-0.25, -0.2) is 4.39 Å². The number of oxime groups is 1. The Morgan fingerprint density at radius 2 is 2.28 bits per heavy atom. The SMILES string of the molecule is CC(C(N)=NO)N(C)C(=O)Cc1cccc(F)c1. The van der Waals surface area contributed by atoms with E-state index in [0.717, 1.165) is 0 Å². The number of carbonyl (C=O) groups is 1. The molecule has 0 saturated heterocycles. The second-order valence-corrected chi connectivity index (χ2v) is 4.01. The molecule has 6 heteroatoms. The van der Waals surface area contributed by atoms with E-state index < -0.39 is 6.04 Å². The van der Waals surface area contributed by atoms with Crippen LogP contribution in [-0.4, -0.2) is 34.9 Å². The molecule has 5 nitrogen and oxygen atoms in total. The molecule has 1 amide bonds. The summed E-state index contributed by atoms with van der Waals surface area (Å²) in [5.74, 6) is -0.669. The molecule has 1 rings (SSSR count). The number of halogens is 1. The molecule has 3 N–H and O–H groups in total. The van der Waals surface area contributed by atoms with Gasteiger partial charge in [0.1, 0.15) is 5.82 Å². The number of rotatable bonds is 4. The Bertz CT molecular complexity index is 462. The second kappa shape index (κ2) is 6.00. The fourth-order valence-electron chi connectivity index (χ4n) is 1.44. The third kappa shape index (κ3) is 3.44. The lowest BCUT2D eigenvalue weighted by molar-refractivity contribution is -0.129. The molecule has 18 heavy (non-hydrogen) atoms. The Morgan fingerprint density at radius 1 is 1.61 bits per heavy atom. The monoisotopic (exact) mass is 253 g/mol. The molecule has 0 aliphatic heterocycles. The van der Waals surface area contributed by atoms with E-state index in [4.69, 9.17) is 10.9 Å². The smallest absolute Gasteiger partial charge is 0.227 e. The molecule has 1 aromatic carbocycles. The van der Waals surface area contributed by atoms with Gasteiger partial charge in [-0.2, -0.15) is 0 Å². The van der Waals surface area contributed by atoms with Gasteiger partial charge in [0.2, 0.25) is 5.91 Å². The van der Waals surface area contributed by atoms with Crippen molar-refractivity contribution in [3.8, 4) is 0 Å². The van der Waals surface area contributed by atoms with E-state index in [1.807, 2.05) is 0 Å². The Balaban J connectivity index is 2.71. The highest BCUT2D eigenvalue weighted by molar-refractivity contribution is 5.90. The van der Waals surface area contributed by atoms with E-state index in [9.17, 15) is 9.18 Å². The van der Waals surface area contributed by atoms with Gasteiger partial charge in [-0.3, -0.25) is 4.79 Å². The molecular formula is C12H16FN3O2. The van der Waals surface area contributed by atoms with Crippen molar-refractivity contribution in [1.29, 1.82) is 0 Å². The van der Waals surface area contributed by atoms with E-state index in [1.54, 1.807) is 26.1 Å². The van der Waals surface area contributed by atoms with Crippen LogP contribution in [-0.2, 0) is 11.2 Å². The number of nitrogens with two attached hydrogens (primary N) is 1. The van der Waals surface area contributed by atoms with Crippen LogP contribution in [0.2, 0.25) is 0 Å². The average molecular weight is 253 g/mol. The number of hydrogen-bond acceptors (Lipinski definition) is 3. The molecule has 1 unspecified atom stereocenters.